The second kappa shape index (κ2) is 3.89. The molecule has 0 aromatic heterocycles. The van der Waals surface area contributed by atoms with Gasteiger partial charge >= 0.3 is 0 Å². The average molecular weight is 211 g/mol. The van der Waals surface area contributed by atoms with Gasteiger partial charge in [0, 0.05) is 5.71 Å². The molecule has 1 aromatic rings. The minimum absolute atomic E-state index is 0.156. The summed E-state index contributed by atoms with van der Waals surface area (Å²) in [5, 5.41) is 0. The molecule has 3 rings (SSSR count). The monoisotopic (exact) mass is 211 g/mol. The second-order valence-corrected chi connectivity index (χ2v) is 4.82. The van der Waals surface area contributed by atoms with Crippen LogP contribution in [0, 0.1) is 0 Å². The minimum atomic E-state index is 0.156. The molecular formula is C15H17N. The lowest BCUT2D eigenvalue weighted by atomic mass is 9.86. The first-order valence-electron chi connectivity index (χ1n) is 6.20. The Morgan fingerprint density at radius 2 is 1.94 bits per heavy atom. The lowest BCUT2D eigenvalue weighted by molar-refractivity contribution is 0.455. The predicted octanol–water partition coefficient (Wildman–Crippen LogP) is 3.75. The van der Waals surface area contributed by atoms with Crippen molar-refractivity contribution in [1.82, 2.24) is 0 Å². The Balaban J connectivity index is 1.92. The molecule has 0 saturated carbocycles. The van der Waals surface area contributed by atoms with E-state index in [0.717, 1.165) is 6.42 Å². The molecular weight excluding hydrogens is 194 g/mol. The third-order valence-corrected chi connectivity index (χ3v) is 3.67. The fourth-order valence-corrected chi connectivity index (χ4v) is 2.77. The fourth-order valence-electron chi connectivity index (χ4n) is 2.77. The van der Waals surface area contributed by atoms with Crippen LogP contribution in [0.2, 0.25) is 0 Å². The number of allylic oxidation sites excluding steroid dienone is 1. The minimum Gasteiger partial charge on any atom is -0.278 e. The van der Waals surface area contributed by atoms with E-state index in [-0.39, 0.29) is 5.54 Å². The van der Waals surface area contributed by atoms with Gasteiger partial charge in [0.15, 0.2) is 0 Å². The van der Waals surface area contributed by atoms with E-state index < -0.39 is 0 Å². The molecule has 0 amide bonds. The Kier molecular flexibility index (Phi) is 2.39. The van der Waals surface area contributed by atoms with Gasteiger partial charge in [0.25, 0.3) is 0 Å². The maximum atomic E-state index is 4.98. The van der Waals surface area contributed by atoms with Crippen molar-refractivity contribution in [2.75, 3.05) is 0 Å². The van der Waals surface area contributed by atoms with Gasteiger partial charge in [0.05, 0.1) is 5.54 Å². The number of hydrogen-bond donors (Lipinski definition) is 0. The maximum absolute atomic E-state index is 4.98. The van der Waals surface area contributed by atoms with Crippen molar-refractivity contribution in [1.29, 1.82) is 0 Å². The zero-order chi connectivity index (χ0) is 10.8. The van der Waals surface area contributed by atoms with Crippen LogP contribution in [0.5, 0.6) is 0 Å². The number of nitrogens with zero attached hydrogens (tertiary/aromatic N) is 1. The molecule has 2 aliphatic rings. The van der Waals surface area contributed by atoms with Crippen molar-refractivity contribution in [3.8, 4) is 0 Å². The van der Waals surface area contributed by atoms with E-state index in [4.69, 9.17) is 4.99 Å². The molecule has 0 saturated heterocycles. The molecule has 1 aliphatic carbocycles. The van der Waals surface area contributed by atoms with E-state index in [0.29, 0.717) is 0 Å². The Labute approximate surface area is 96.9 Å². The number of hydrogen-bond acceptors (Lipinski definition) is 1. The molecule has 1 heteroatoms. The first kappa shape index (κ1) is 9.83. The summed E-state index contributed by atoms with van der Waals surface area (Å²) in [6.45, 7) is 0. The van der Waals surface area contributed by atoms with Gasteiger partial charge in [-0.05, 0) is 37.7 Å². The number of rotatable bonds is 1. The highest BCUT2D eigenvalue weighted by Gasteiger charge is 2.33. The third kappa shape index (κ3) is 1.71. The van der Waals surface area contributed by atoms with Gasteiger partial charge in [-0.1, -0.05) is 42.5 Å². The van der Waals surface area contributed by atoms with Crippen LogP contribution in [0.25, 0.3) is 0 Å². The van der Waals surface area contributed by atoms with Crippen molar-refractivity contribution >= 4 is 5.71 Å². The maximum Gasteiger partial charge on any atom is 0.0795 e. The van der Waals surface area contributed by atoms with E-state index in [2.05, 4.69) is 42.5 Å². The van der Waals surface area contributed by atoms with Gasteiger partial charge in [-0.3, -0.25) is 4.99 Å². The summed E-state index contributed by atoms with van der Waals surface area (Å²) in [5.74, 6) is 0. The van der Waals surface area contributed by atoms with E-state index in [1.54, 1.807) is 0 Å². The summed E-state index contributed by atoms with van der Waals surface area (Å²) in [4.78, 5) is 4.98. The first-order valence-corrected chi connectivity index (χ1v) is 6.20. The van der Waals surface area contributed by atoms with Crippen molar-refractivity contribution in [2.45, 2.75) is 37.6 Å². The van der Waals surface area contributed by atoms with Crippen LogP contribution in [-0.4, -0.2) is 11.3 Å². The molecule has 0 fully saturated rings. The van der Waals surface area contributed by atoms with Gasteiger partial charge in [-0.2, -0.15) is 0 Å². The van der Waals surface area contributed by atoms with Crippen molar-refractivity contribution in [3.05, 3.63) is 48.0 Å². The summed E-state index contributed by atoms with van der Waals surface area (Å²) in [7, 11) is 0. The van der Waals surface area contributed by atoms with Crippen molar-refractivity contribution in [2.24, 2.45) is 4.99 Å². The molecule has 0 radical (unpaired) electrons. The molecule has 0 N–H and O–H groups in total. The lowest BCUT2D eigenvalue weighted by Gasteiger charge is -2.24. The SMILES string of the molecule is C1=CC2(CCC1)CCC(c1ccccc1)=N2. The zero-order valence-corrected chi connectivity index (χ0v) is 9.52. The summed E-state index contributed by atoms with van der Waals surface area (Å²) in [6, 6.07) is 10.6. The van der Waals surface area contributed by atoms with Gasteiger partial charge in [0.1, 0.15) is 0 Å². The van der Waals surface area contributed by atoms with Crippen LogP contribution >= 0.6 is 0 Å². The van der Waals surface area contributed by atoms with Gasteiger partial charge in [-0.25, -0.2) is 0 Å². The molecule has 1 nitrogen and oxygen atoms in total. The van der Waals surface area contributed by atoms with E-state index in [9.17, 15) is 0 Å². The molecule has 82 valence electrons. The van der Waals surface area contributed by atoms with Crippen LogP contribution in [0.3, 0.4) is 0 Å². The van der Waals surface area contributed by atoms with Gasteiger partial charge in [0.2, 0.25) is 0 Å². The summed E-state index contributed by atoms with van der Waals surface area (Å²) >= 11 is 0. The number of benzene rings is 1. The van der Waals surface area contributed by atoms with Crippen molar-refractivity contribution in [3.63, 3.8) is 0 Å². The lowest BCUT2D eigenvalue weighted by Crippen LogP contribution is -2.22. The smallest absolute Gasteiger partial charge is 0.0795 e. The largest absolute Gasteiger partial charge is 0.278 e. The zero-order valence-electron chi connectivity index (χ0n) is 9.52. The topological polar surface area (TPSA) is 12.4 Å². The highest BCUT2D eigenvalue weighted by atomic mass is 14.9. The molecule has 1 spiro atoms. The highest BCUT2D eigenvalue weighted by molar-refractivity contribution is 6.02. The molecule has 1 heterocycles. The Bertz CT molecular complexity index is 430. The molecule has 1 aliphatic heterocycles. The first-order chi connectivity index (χ1) is 7.88. The van der Waals surface area contributed by atoms with Gasteiger partial charge < -0.3 is 0 Å². The highest BCUT2D eigenvalue weighted by Crippen LogP contribution is 2.36. The Morgan fingerprint density at radius 1 is 1.06 bits per heavy atom. The third-order valence-electron chi connectivity index (χ3n) is 3.67. The molecule has 1 aromatic carbocycles. The quantitative estimate of drug-likeness (QED) is 0.627. The van der Waals surface area contributed by atoms with Crippen LogP contribution in [0.15, 0.2) is 47.5 Å². The normalized spacial score (nSPS) is 28.4. The van der Waals surface area contributed by atoms with Crippen LogP contribution in [0.1, 0.15) is 37.7 Å². The summed E-state index contributed by atoms with van der Waals surface area (Å²) < 4.78 is 0. The van der Waals surface area contributed by atoms with E-state index in [1.165, 1.54) is 37.0 Å². The predicted molar refractivity (Wildman–Crippen MR) is 67.9 cm³/mol. The number of aliphatic imine (C=N–C) groups is 1. The Hall–Kier alpha value is -1.37. The van der Waals surface area contributed by atoms with Gasteiger partial charge in [-0.15, -0.1) is 0 Å². The van der Waals surface area contributed by atoms with Crippen LogP contribution < -0.4 is 0 Å². The fraction of sp³-hybridized carbons (Fsp3) is 0.400. The summed E-state index contributed by atoms with van der Waals surface area (Å²) in [5.41, 5.74) is 2.76. The standard InChI is InChI=1S/C15H17N/c1-3-7-13(8-4-1)14-9-12-15(16-14)10-5-2-6-11-15/h1,3-5,7-8,10H,2,6,9,11-12H2. The average Bonchev–Trinajstić information content (AvgIpc) is 2.75. The molecule has 16 heavy (non-hydrogen) atoms. The summed E-state index contributed by atoms with van der Waals surface area (Å²) in [6.07, 6.45) is 10.7. The van der Waals surface area contributed by atoms with Crippen LogP contribution in [0.4, 0.5) is 0 Å². The Morgan fingerprint density at radius 3 is 2.69 bits per heavy atom. The van der Waals surface area contributed by atoms with E-state index >= 15 is 0 Å². The molecule has 1 unspecified atom stereocenters. The van der Waals surface area contributed by atoms with Crippen molar-refractivity contribution < 1.29 is 0 Å². The molecule has 0 bridgehead atoms. The van der Waals surface area contributed by atoms with E-state index in [1.807, 2.05) is 0 Å². The molecule has 1 atom stereocenters. The second-order valence-electron chi connectivity index (χ2n) is 4.82. The van der Waals surface area contributed by atoms with Crippen LogP contribution in [-0.2, 0) is 0 Å².